The third-order valence-electron chi connectivity index (χ3n) is 5.22. The molecule has 1 aromatic carbocycles. The highest BCUT2D eigenvalue weighted by atomic mass is 16.5. The van der Waals surface area contributed by atoms with Crippen molar-refractivity contribution in [3.8, 4) is 6.07 Å². The van der Waals surface area contributed by atoms with E-state index in [-0.39, 0.29) is 0 Å². The number of ether oxygens (including phenoxy) is 2. The monoisotopic (exact) mass is 337 g/mol. The average Bonchev–Trinajstić information content (AvgIpc) is 3.19. The zero-order chi connectivity index (χ0) is 17.1. The van der Waals surface area contributed by atoms with Gasteiger partial charge in [-0.05, 0) is 25.3 Å². The molecule has 0 radical (unpaired) electrons. The van der Waals surface area contributed by atoms with Crippen LogP contribution >= 0.6 is 0 Å². The van der Waals surface area contributed by atoms with Crippen LogP contribution in [0.25, 0.3) is 10.9 Å². The minimum Gasteiger partial charge on any atom is -0.381 e. The number of fused-ring (bicyclic) bond motifs is 1. The first-order valence-electron chi connectivity index (χ1n) is 9.07. The van der Waals surface area contributed by atoms with Crippen LogP contribution in [-0.4, -0.2) is 44.0 Å². The first kappa shape index (κ1) is 16.3. The minimum absolute atomic E-state index is 0.315. The second kappa shape index (κ2) is 7.38. The number of hydrogen-bond acceptors (Lipinski definition) is 5. The molecule has 130 valence electrons. The van der Waals surface area contributed by atoms with Gasteiger partial charge in [-0.2, -0.15) is 5.26 Å². The summed E-state index contributed by atoms with van der Waals surface area (Å²) in [6.45, 7) is 4.35. The van der Waals surface area contributed by atoms with E-state index in [0.717, 1.165) is 68.8 Å². The van der Waals surface area contributed by atoms with Crippen LogP contribution < -0.4 is 4.90 Å². The number of piperidine rings is 1. The van der Waals surface area contributed by atoms with Gasteiger partial charge in [-0.3, -0.25) is 4.98 Å². The minimum atomic E-state index is 0.315. The summed E-state index contributed by atoms with van der Waals surface area (Å²) in [5.41, 5.74) is 2.62. The first-order valence-corrected chi connectivity index (χ1v) is 9.07. The maximum Gasteiger partial charge on any atom is 0.103 e. The van der Waals surface area contributed by atoms with Crippen molar-refractivity contribution in [1.29, 1.82) is 5.26 Å². The van der Waals surface area contributed by atoms with E-state index in [9.17, 15) is 5.26 Å². The Morgan fingerprint density at radius 1 is 1.24 bits per heavy atom. The molecule has 0 bridgehead atoms. The zero-order valence-electron chi connectivity index (χ0n) is 14.4. The molecule has 4 rings (SSSR count). The predicted molar refractivity (Wildman–Crippen MR) is 96.6 cm³/mol. The molecule has 25 heavy (non-hydrogen) atoms. The number of para-hydroxylation sites is 1. The number of benzene rings is 1. The van der Waals surface area contributed by atoms with Crippen LogP contribution in [0.15, 0.2) is 30.5 Å². The summed E-state index contributed by atoms with van der Waals surface area (Å²) in [4.78, 5) is 6.73. The highest BCUT2D eigenvalue weighted by Crippen LogP contribution is 2.31. The van der Waals surface area contributed by atoms with Gasteiger partial charge in [-0.1, -0.05) is 18.2 Å². The Labute approximate surface area is 148 Å². The normalized spacial score (nSPS) is 21.6. The Morgan fingerprint density at radius 3 is 2.84 bits per heavy atom. The summed E-state index contributed by atoms with van der Waals surface area (Å²) in [6, 6.07) is 10.4. The Balaban J connectivity index is 1.45. The second-order valence-electron chi connectivity index (χ2n) is 6.90. The van der Waals surface area contributed by atoms with Crippen molar-refractivity contribution in [3.63, 3.8) is 0 Å². The lowest BCUT2D eigenvalue weighted by Crippen LogP contribution is -2.38. The molecule has 1 atom stereocenters. The number of anilines is 1. The summed E-state index contributed by atoms with van der Waals surface area (Å²) in [6.07, 6.45) is 5.12. The third kappa shape index (κ3) is 3.46. The molecule has 1 unspecified atom stereocenters. The fourth-order valence-corrected chi connectivity index (χ4v) is 3.78. The molecule has 0 N–H and O–H groups in total. The predicted octanol–water partition coefficient (Wildman–Crippen LogP) is 3.13. The van der Waals surface area contributed by atoms with Gasteiger partial charge in [0.1, 0.15) is 6.07 Å². The molecule has 2 fully saturated rings. The summed E-state index contributed by atoms with van der Waals surface area (Å²) >= 11 is 0. The SMILES string of the molecule is N#Cc1cnc2ccccc2c1N1CCC(OCC2CCOC2)CC1. The number of nitrogens with zero attached hydrogens (tertiary/aromatic N) is 3. The molecule has 2 aliphatic heterocycles. The van der Waals surface area contributed by atoms with Crippen molar-refractivity contribution in [2.75, 3.05) is 37.8 Å². The molecule has 5 heteroatoms. The fourth-order valence-electron chi connectivity index (χ4n) is 3.78. The number of pyridine rings is 1. The van der Waals surface area contributed by atoms with Gasteiger partial charge in [0.05, 0.1) is 36.1 Å². The van der Waals surface area contributed by atoms with Crippen molar-refractivity contribution in [2.24, 2.45) is 5.92 Å². The molecule has 0 saturated carbocycles. The van der Waals surface area contributed by atoms with E-state index in [1.54, 1.807) is 6.20 Å². The lowest BCUT2D eigenvalue weighted by atomic mass is 10.0. The van der Waals surface area contributed by atoms with Gasteiger partial charge in [-0.15, -0.1) is 0 Å². The lowest BCUT2D eigenvalue weighted by Gasteiger charge is -2.34. The Kier molecular flexibility index (Phi) is 4.82. The molecule has 5 nitrogen and oxygen atoms in total. The highest BCUT2D eigenvalue weighted by molar-refractivity contribution is 5.94. The molecular formula is C20H23N3O2. The number of rotatable bonds is 4. The van der Waals surface area contributed by atoms with Crippen molar-refractivity contribution in [1.82, 2.24) is 4.98 Å². The topological polar surface area (TPSA) is 58.4 Å². The molecule has 1 aromatic heterocycles. The van der Waals surface area contributed by atoms with E-state index >= 15 is 0 Å². The largest absolute Gasteiger partial charge is 0.381 e. The summed E-state index contributed by atoms with van der Waals surface area (Å²) in [5.74, 6) is 0.562. The van der Waals surface area contributed by atoms with E-state index in [2.05, 4.69) is 22.0 Å². The summed E-state index contributed by atoms with van der Waals surface area (Å²) in [5, 5.41) is 10.6. The van der Waals surface area contributed by atoms with Gasteiger partial charge >= 0.3 is 0 Å². The Hall–Kier alpha value is -2.16. The molecule has 2 saturated heterocycles. The molecule has 3 heterocycles. The third-order valence-corrected chi connectivity index (χ3v) is 5.22. The summed E-state index contributed by atoms with van der Waals surface area (Å²) < 4.78 is 11.5. The first-order chi connectivity index (χ1) is 12.3. The molecular weight excluding hydrogens is 314 g/mol. The van der Waals surface area contributed by atoms with Gasteiger partial charge in [0.25, 0.3) is 0 Å². The lowest BCUT2D eigenvalue weighted by molar-refractivity contribution is 0.0132. The number of aromatic nitrogens is 1. The fraction of sp³-hybridized carbons (Fsp3) is 0.500. The van der Waals surface area contributed by atoms with E-state index in [4.69, 9.17) is 9.47 Å². The van der Waals surface area contributed by atoms with Gasteiger partial charge < -0.3 is 14.4 Å². The van der Waals surface area contributed by atoms with Crippen LogP contribution in [0.2, 0.25) is 0 Å². The van der Waals surface area contributed by atoms with Crippen LogP contribution in [0.4, 0.5) is 5.69 Å². The molecule has 0 spiro atoms. The zero-order valence-corrected chi connectivity index (χ0v) is 14.4. The van der Waals surface area contributed by atoms with Crippen LogP contribution in [-0.2, 0) is 9.47 Å². The van der Waals surface area contributed by atoms with Crippen LogP contribution in [0.3, 0.4) is 0 Å². The van der Waals surface area contributed by atoms with Gasteiger partial charge in [0, 0.05) is 37.2 Å². The average molecular weight is 337 g/mol. The van der Waals surface area contributed by atoms with Crippen LogP contribution in [0.5, 0.6) is 0 Å². The van der Waals surface area contributed by atoms with Crippen molar-refractivity contribution >= 4 is 16.6 Å². The van der Waals surface area contributed by atoms with E-state index in [0.29, 0.717) is 17.6 Å². The van der Waals surface area contributed by atoms with E-state index < -0.39 is 0 Å². The summed E-state index contributed by atoms with van der Waals surface area (Å²) in [7, 11) is 0. The molecule has 0 amide bonds. The smallest absolute Gasteiger partial charge is 0.103 e. The van der Waals surface area contributed by atoms with Crippen LogP contribution in [0.1, 0.15) is 24.8 Å². The molecule has 2 aliphatic rings. The van der Waals surface area contributed by atoms with E-state index in [1.165, 1.54) is 0 Å². The van der Waals surface area contributed by atoms with Gasteiger partial charge in [-0.25, -0.2) is 0 Å². The number of nitriles is 1. The quantitative estimate of drug-likeness (QED) is 0.858. The second-order valence-corrected chi connectivity index (χ2v) is 6.90. The van der Waals surface area contributed by atoms with Crippen molar-refractivity contribution < 1.29 is 9.47 Å². The van der Waals surface area contributed by atoms with Crippen molar-refractivity contribution in [3.05, 3.63) is 36.0 Å². The number of hydrogen-bond donors (Lipinski definition) is 0. The highest BCUT2D eigenvalue weighted by Gasteiger charge is 2.25. The maximum atomic E-state index is 9.51. The van der Waals surface area contributed by atoms with Gasteiger partial charge in [0.2, 0.25) is 0 Å². The molecule has 2 aromatic rings. The van der Waals surface area contributed by atoms with Crippen molar-refractivity contribution in [2.45, 2.75) is 25.4 Å². The van der Waals surface area contributed by atoms with Crippen LogP contribution in [0, 0.1) is 17.2 Å². The van der Waals surface area contributed by atoms with Gasteiger partial charge in [0.15, 0.2) is 0 Å². The van der Waals surface area contributed by atoms with E-state index in [1.807, 2.05) is 18.2 Å². The molecule has 0 aliphatic carbocycles. The Morgan fingerprint density at radius 2 is 2.08 bits per heavy atom. The standard InChI is InChI=1S/C20H23N3O2/c21-11-16-12-22-19-4-2-1-3-18(19)20(16)23-8-5-17(6-9-23)25-14-15-7-10-24-13-15/h1-4,12,15,17H,5-10,13-14H2. The Bertz CT molecular complexity index is 772. The maximum absolute atomic E-state index is 9.51.